The van der Waals surface area contributed by atoms with Gasteiger partial charge in [-0.1, -0.05) is 18.7 Å². The van der Waals surface area contributed by atoms with Crippen molar-refractivity contribution in [3.05, 3.63) is 5.82 Å². The summed E-state index contributed by atoms with van der Waals surface area (Å²) in [7, 11) is 0. The van der Waals surface area contributed by atoms with Crippen LogP contribution in [0.3, 0.4) is 0 Å². The molecule has 0 aliphatic heterocycles. The molecule has 0 aromatic carbocycles. The lowest BCUT2D eigenvalue weighted by atomic mass is 10.00. The minimum absolute atomic E-state index is 0.312. The Morgan fingerprint density at radius 2 is 2.50 bits per heavy atom. The van der Waals surface area contributed by atoms with Gasteiger partial charge in [-0.05, 0) is 50.7 Å². The van der Waals surface area contributed by atoms with Crippen molar-refractivity contribution in [1.29, 1.82) is 5.26 Å². The zero-order valence-electron chi connectivity index (χ0n) is 10.8. The third kappa shape index (κ3) is 3.22. The fraction of sp³-hybridized carbons (Fsp3) is 0.750. The first-order valence-electron chi connectivity index (χ1n) is 6.31. The molecule has 0 spiro atoms. The number of nitrogens with zero attached hydrogens (tertiary/aromatic N) is 3. The lowest BCUT2D eigenvalue weighted by Crippen LogP contribution is -2.42. The summed E-state index contributed by atoms with van der Waals surface area (Å²) in [6.07, 6.45) is 4.00. The van der Waals surface area contributed by atoms with Crippen molar-refractivity contribution in [3.63, 3.8) is 0 Å². The number of rotatable bonds is 5. The fourth-order valence-electron chi connectivity index (χ4n) is 2.24. The number of thioether (sulfide) groups is 1. The quantitative estimate of drug-likeness (QED) is 0.899. The minimum atomic E-state index is -0.312. The summed E-state index contributed by atoms with van der Waals surface area (Å²) in [5.74, 6) is 0.844. The van der Waals surface area contributed by atoms with Crippen LogP contribution in [0.25, 0.3) is 0 Å². The summed E-state index contributed by atoms with van der Waals surface area (Å²) in [5.41, 5.74) is -0.312. The Kier molecular flexibility index (Phi) is 4.60. The Morgan fingerprint density at radius 3 is 3.11 bits per heavy atom. The van der Waals surface area contributed by atoms with Gasteiger partial charge < -0.3 is 0 Å². The molecule has 18 heavy (non-hydrogen) atoms. The predicted octanol–water partition coefficient (Wildman–Crippen LogP) is 2.75. The van der Waals surface area contributed by atoms with E-state index in [1.807, 2.05) is 6.92 Å². The molecule has 1 aromatic rings. The predicted molar refractivity (Wildman–Crippen MR) is 74.8 cm³/mol. The van der Waals surface area contributed by atoms with Gasteiger partial charge in [0, 0.05) is 5.25 Å². The first-order valence-corrected chi connectivity index (χ1v) is 7.96. The molecule has 1 aliphatic rings. The van der Waals surface area contributed by atoms with Gasteiger partial charge in [-0.2, -0.15) is 9.64 Å². The Labute approximate surface area is 116 Å². The molecule has 1 N–H and O–H groups in total. The normalized spacial score (nSPS) is 27.3. The Morgan fingerprint density at radius 1 is 1.67 bits per heavy atom. The van der Waals surface area contributed by atoms with E-state index in [-0.39, 0.29) is 5.54 Å². The molecule has 2 unspecified atom stereocenters. The first kappa shape index (κ1) is 13.8. The third-order valence-electron chi connectivity index (χ3n) is 3.17. The number of hydrogen-bond acceptors (Lipinski definition) is 6. The van der Waals surface area contributed by atoms with Gasteiger partial charge in [0.05, 0.1) is 6.07 Å². The van der Waals surface area contributed by atoms with Crippen LogP contribution in [-0.2, 0) is 0 Å². The number of nitrogens with one attached hydrogen (secondary N) is 1. The molecule has 1 aliphatic carbocycles. The summed E-state index contributed by atoms with van der Waals surface area (Å²) >= 11 is 3.24. The van der Waals surface area contributed by atoms with E-state index in [0.717, 1.165) is 42.4 Å². The number of aryl methyl sites for hydroxylation is 1. The van der Waals surface area contributed by atoms with E-state index in [2.05, 4.69) is 27.7 Å². The van der Waals surface area contributed by atoms with Crippen molar-refractivity contribution in [2.75, 3.05) is 6.54 Å². The van der Waals surface area contributed by atoms with Crippen LogP contribution in [0.2, 0.25) is 0 Å². The maximum Gasteiger partial charge on any atom is 0.170 e. The molecule has 1 fully saturated rings. The van der Waals surface area contributed by atoms with Gasteiger partial charge >= 0.3 is 0 Å². The van der Waals surface area contributed by atoms with E-state index < -0.39 is 0 Å². The number of aromatic nitrogens is 2. The zero-order valence-corrected chi connectivity index (χ0v) is 12.4. The number of hydrogen-bond donors (Lipinski definition) is 1. The van der Waals surface area contributed by atoms with E-state index in [9.17, 15) is 5.26 Å². The molecule has 4 nitrogen and oxygen atoms in total. The topological polar surface area (TPSA) is 61.6 Å². The van der Waals surface area contributed by atoms with Crippen molar-refractivity contribution < 1.29 is 0 Å². The average molecular weight is 282 g/mol. The van der Waals surface area contributed by atoms with E-state index in [1.54, 1.807) is 11.8 Å². The summed E-state index contributed by atoms with van der Waals surface area (Å²) in [5, 5.41) is 13.3. The maximum absolute atomic E-state index is 9.38. The molecule has 1 aromatic heterocycles. The van der Waals surface area contributed by atoms with Crippen LogP contribution in [0.5, 0.6) is 0 Å². The van der Waals surface area contributed by atoms with Gasteiger partial charge in [0.2, 0.25) is 0 Å². The molecule has 0 radical (unpaired) electrons. The average Bonchev–Trinajstić information content (AvgIpc) is 2.95. The molecule has 0 amide bonds. The van der Waals surface area contributed by atoms with E-state index in [4.69, 9.17) is 0 Å². The molecule has 98 valence electrons. The highest BCUT2D eigenvalue weighted by molar-refractivity contribution is 8.01. The maximum atomic E-state index is 9.38. The van der Waals surface area contributed by atoms with Gasteiger partial charge in [0.1, 0.15) is 11.4 Å². The van der Waals surface area contributed by atoms with Crippen LogP contribution in [-0.4, -0.2) is 26.7 Å². The molecular formula is C12H18N4S2. The van der Waals surface area contributed by atoms with Crippen LogP contribution in [0, 0.1) is 18.3 Å². The Balaban J connectivity index is 1.92. The molecule has 2 rings (SSSR count). The summed E-state index contributed by atoms with van der Waals surface area (Å²) in [6, 6.07) is 2.48. The van der Waals surface area contributed by atoms with Gasteiger partial charge in [0.15, 0.2) is 4.34 Å². The smallest absolute Gasteiger partial charge is 0.170 e. The minimum Gasteiger partial charge on any atom is -0.299 e. The molecule has 1 saturated carbocycles. The number of nitriles is 1. The lowest BCUT2D eigenvalue weighted by molar-refractivity contribution is 0.424. The molecule has 6 heteroatoms. The fourth-order valence-corrected chi connectivity index (χ4v) is 4.42. The second-order valence-corrected chi connectivity index (χ2v) is 7.01. The van der Waals surface area contributed by atoms with Crippen LogP contribution < -0.4 is 5.32 Å². The van der Waals surface area contributed by atoms with Crippen LogP contribution in [0.1, 0.15) is 38.4 Å². The summed E-state index contributed by atoms with van der Waals surface area (Å²) < 4.78 is 5.22. The van der Waals surface area contributed by atoms with Crippen LogP contribution in [0.15, 0.2) is 4.34 Å². The second-order valence-electron chi connectivity index (χ2n) is 4.71. The zero-order chi connectivity index (χ0) is 13.0. The van der Waals surface area contributed by atoms with Crippen molar-refractivity contribution in [2.24, 2.45) is 0 Å². The Bertz CT molecular complexity index is 440. The summed E-state index contributed by atoms with van der Waals surface area (Å²) in [4.78, 5) is 4.38. The van der Waals surface area contributed by atoms with Crippen molar-refractivity contribution in [3.8, 4) is 6.07 Å². The van der Waals surface area contributed by atoms with Gasteiger partial charge in [-0.15, -0.1) is 0 Å². The molecular weight excluding hydrogens is 264 g/mol. The Hall–Kier alpha value is -0.640. The van der Waals surface area contributed by atoms with Crippen molar-refractivity contribution in [2.45, 2.75) is 54.7 Å². The van der Waals surface area contributed by atoms with Crippen molar-refractivity contribution in [1.82, 2.24) is 14.7 Å². The largest absolute Gasteiger partial charge is 0.299 e. The molecule has 1 heterocycles. The van der Waals surface area contributed by atoms with E-state index in [1.165, 1.54) is 11.5 Å². The second kappa shape index (κ2) is 6.00. The highest BCUT2D eigenvalue weighted by atomic mass is 32.2. The SMILES string of the molecule is CCCNC1(C#N)CCC(Sc2nc(C)ns2)C1. The first-order chi connectivity index (χ1) is 8.67. The van der Waals surface area contributed by atoms with E-state index >= 15 is 0 Å². The standard InChI is InChI=1S/C12H18N4S2/c1-3-6-14-12(8-13)5-4-10(7-12)17-11-15-9(2)16-18-11/h10,14H,3-7H2,1-2H3. The van der Waals surface area contributed by atoms with Gasteiger partial charge in [0.25, 0.3) is 0 Å². The lowest BCUT2D eigenvalue weighted by Gasteiger charge is -2.22. The molecule has 0 saturated heterocycles. The third-order valence-corrected chi connectivity index (χ3v) is 5.32. The van der Waals surface area contributed by atoms with Crippen LogP contribution in [0.4, 0.5) is 0 Å². The van der Waals surface area contributed by atoms with E-state index in [0.29, 0.717) is 5.25 Å². The summed E-state index contributed by atoms with van der Waals surface area (Å²) in [6.45, 7) is 4.96. The monoisotopic (exact) mass is 282 g/mol. The highest BCUT2D eigenvalue weighted by Gasteiger charge is 2.39. The van der Waals surface area contributed by atoms with Gasteiger partial charge in [-0.25, -0.2) is 4.98 Å². The van der Waals surface area contributed by atoms with Crippen molar-refractivity contribution >= 4 is 23.3 Å². The van der Waals surface area contributed by atoms with Crippen LogP contribution >= 0.6 is 23.3 Å². The highest BCUT2D eigenvalue weighted by Crippen LogP contribution is 2.40. The molecule has 2 atom stereocenters. The molecule has 0 bridgehead atoms. The van der Waals surface area contributed by atoms with Gasteiger partial charge in [-0.3, -0.25) is 5.32 Å².